The van der Waals surface area contributed by atoms with Crippen molar-refractivity contribution in [2.24, 2.45) is 0 Å². The number of hydrogen-bond donors (Lipinski definition) is 0. The van der Waals surface area contributed by atoms with Gasteiger partial charge < -0.3 is 0 Å². The molecule has 4 aromatic rings. The van der Waals surface area contributed by atoms with E-state index in [4.69, 9.17) is 9.97 Å². The lowest BCUT2D eigenvalue weighted by atomic mass is 9.95. The average molecular weight is 385 g/mol. The minimum Gasteiger partial charge on any atom is -0.298 e. The van der Waals surface area contributed by atoms with Gasteiger partial charge in [0.25, 0.3) is 0 Å². The second-order valence-electron chi connectivity index (χ2n) is 8.70. The van der Waals surface area contributed by atoms with Gasteiger partial charge in [0, 0.05) is 23.4 Å². The Morgan fingerprint density at radius 1 is 0.966 bits per heavy atom. The van der Waals surface area contributed by atoms with Crippen LogP contribution in [-0.2, 0) is 11.8 Å². The highest BCUT2D eigenvalue weighted by molar-refractivity contribution is 5.80. The molecule has 0 aliphatic heterocycles. The summed E-state index contributed by atoms with van der Waals surface area (Å²) in [6.07, 6.45) is 6.15. The van der Waals surface area contributed by atoms with Crippen LogP contribution in [0.4, 0.5) is 0 Å². The van der Waals surface area contributed by atoms with Gasteiger partial charge in [-0.05, 0) is 37.1 Å². The third-order valence-electron chi connectivity index (χ3n) is 5.12. The molecule has 0 radical (unpaired) electrons. The van der Waals surface area contributed by atoms with Crippen molar-refractivity contribution in [1.82, 2.24) is 19.4 Å². The zero-order valence-corrected chi connectivity index (χ0v) is 17.9. The standard InChI is InChI=1S/C25H28N4/c1-6-7-18-13-15-29-21(16-18)28-22(19-10-8-17(2)9-11-19)23(29)20-12-14-26-24(27-20)25(3,4)5/h8-16H,6-7H2,1-5H3. The molecule has 148 valence electrons. The Balaban J connectivity index is 1.97. The predicted molar refractivity (Wildman–Crippen MR) is 119 cm³/mol. The highest BCUT2D eigenvalue weighted by Gasteiger charge is 2.21. The number of aryl methyl sites for hydroxylation is 2. The summed E-state index contributed by atoms with van der Waals surface area (Å²) in [5.41, 5.74) is 7.36. The molecule has 0 aliphatic carbocycles. The Kier molecular flexibility index (Phi) is 4.95. The van der Waals surface area contributed by atoms with E-state index in [2.05, 4.69) is 86.6 Å². The SMILES string of the molecule is CCCc1ccn2c(-c3ccnc(C(C)(C)C)n3)c(-c3ccc(C)cc3)nc2c1. The van der Waals surface area contributed by atoms with E-state index in [0.717, 1.165) is 47.0 Å². The first-order valence-electron chi connectivity index (χ1n) is 10.3. The van der Waals surface area contributed by atoms with E-state index < -0.39 is 0 Å². The minimum atomic E-state index is -0.116. The monoisotopic (exact) mass is 384 g/mol. The van der Waals surface area contributed by atoms with E-state index in [9.17, 15) is 0 Å². The second kappa shape index (κ2) is 7.43. The Morgan fingerprint density at radius 3 is 2.41 bits per heavy atom. The fraction of sp³-hybridized carbons (Fsp3) is 0.320. The molecule has 0 fully saturated rings. The summed E-state index contributed by atoms with van der Waals surface area (Å²) >= 11 is 0. The number of aromatic nitrogens is 4. The van der Waals surface area contributed by atoms with Crippen molar-refractivity contribution in [2.45, 2.75) is 52.9 Å². The van der Waals surface area contributed by atoms with Crippen LogP contribution in [-0.4, -0.2) is 19.4 Å². The lowest BCUT2D eigenvalue weighted by Crippen LogP contribution is -2.16. The molecule has 3 aromatic heterocycles. The molecular formula is C25H28N4. The smallest absolute Gasteiger partial charge is 0.138 e. The molecular weight excluding hydrogens is 356 g/mol. The van der Waals surface area contributed by atoms with Gasteiger partial charge in [-0.25, -0.2) is 15.0 Å². The van der Waals surface area contributed by atoms with Crippen LogP contribution < -0.4 is 0 Å². The number of nitrogens with zero attached hydrogens (tertiary/aromatic N) is 4. The molecule has 4 nitrogen and oxygen atoms in total. The fourth-order valence-corrected chi connectivity index (χ4v) is 3.54. The van der Waals surface area contributed by atoms with Crippen molar-refractivity contribution in [2.75, 3.05) is 0 Å². The van der Waals surface area contributed by atoms with Gasteiger partial charge in [0.05, 0.1) is 17.1 Å². The van der Waals surface area contributed by atoms with Gasteiger partial charge in [0.15, 0.2) is 0 Å². The van der Waals surface area contributed by atoms with Gasteiger partial charge in [-0.1, -0.05) is 63.9 Å². The number of fused-ring (bicyclic) bond motifs is 1. The first-order valence-corrected chi connectivity index (χ1v) is 10.3. The third-order valence-corrected chi connectivity index (χ3v) is 5.12. The van der Waals surface area contributed by atoms with Crippen molar-refractivity contribution in [3.63, 3.8) is 0 Å². The highest BCUT2D eigenvalue weighted by Crippen LogP contribution is 2.33. The van der Waals surface area contributed by atoms with E-state index in [-0.39, 0.29) is 5.41 Å². The van der Waals surface area contributed by atoms with Crippen molar-refractivity contribution < 1.29 is 0 Å². The molecule has 3 heterocycles. The Bertz CT molecular complexity index is 1150. The summed E-state index contributed by atoms with van der Waals surface area (Å²) in [5.74, 6) is 0.836. The number of imidazole rings is 1. The second-order valence-corrected chi connectivity index (χ2v) is 8.70. The van der Waals surface area contributed by atoms with Crippen LogP contribution in [0.25, 0.3) is 28.3 Å². The maximum atomic E-state index is 5.03. The van der Waals surface area contributed by atoms with E-state index in [1.54, 1.807) is 0 Å². The Hall–Kier alpha value is -3.01. The predicted octanol–water partition coefficient (Wildman–Crippen LogP) is 6.02. The van der Waals surface area contributed by atoms with Crippen molar-refractivity contribution in [3.05, 3.63) is 71.8 Å². The van der Waals surface area contributed by atoms with Gasteiger partial charge >= 0.3 is 0 Å². The zero-order chi connectivity index (χ0) is 20.6. The van der Waals surface area contributed by atoms with Crippen LogP contribution in [0.15, 0.2) is 54.9 Å². The maximum Gasteiger partial charge on any atom is 0.138 e. The molecule has 0 spiro atoms. The minimum absolute atomic E-state index is 0.116. The lowest BCUT2D eigenvalue weighted by Gasteiger charge is -2.17. The summed E-state index contributed by atoms with van der Waals surface area (Å²) in [5, 5.41) is 0. The van der Waals surface area contributed by atoms with Crippen LogP contribution in [0.3, 0.4) is 0 Å². The van der Waals surface area contributed by atoms with Crippen LogP contribution in [0.2, 0.25) is 0 Å². The van der Waals surface area contributed by atoms with Gasteiger partial charge in [-0.3, -0.25) is 4.40 Å². The van der Waals surface area contributed by atoms with Gasteiger partial charge in [0.1, 0.15) is 11.5 Å². The van der Waals surface area contributed by atoms with E-state index in [1.165, 1.54) is 11.1 Å². The number of pyridine rings is 1. The van der Waals surface area contributed by atoms with Gasteiger partial charge in [-0.2, -0.15) is 0 Å². The maximum absolute atomic E-state index is 5.03. The summed E-state index contributed by atoms with van der Waals surface area (Å²) in [6, 6.07) is 14.9. The van der Waals surface area contributed by atoms with Crippen molar-refractivity contribution in [3.8, 4) is 22.6 Å². The van der Waals surface area contributed by atoms with E-state index >= 15 is 0 Å². The van der Waals surface area contributed by atoms with E-state index in [1.807, 2.05) is 12.3 Å². The van der Waals surface area contributed by atoms with Gasteiger partial charge in [-0.15, -0.1) is 0 Å². The summed E-state index contributed by atoms with van der Waals surface area (Å²) in [4.78, 5) is 14.5. The fourth-order valence-electron chi connectivity index (χ4n) is 3.54. The molecule has 0 unspecified atom stereocenters. The number of benzene rings is 1. The molecule has 0 amide bonds. The summed E-state index contributed by atoms with van der Waals surface area (Å²) < 4.78 is 2.16. The normalized spacial score (nSPS) is 11.9. The molecule has 0 N–H and O–H groups in total. The van der Waals surface area contributed by atoms with Gasteiger partial charge in [0.2, 0.25) is 0 Å². The molecule has 4 rings (SSSR count). The van der Waals surface area contributed by atoms with Crippen LogP contribution in [0, 0.1) is 6.92 Å². The molecule has 0 atom stereocenters. The molecule has 0 saturated carbocycles. The Labute approximate surface area is 172 Å². The molecule has 0 saturated heterocycles. The molecule has 4 heteroatoms. The quantitative estimate of drug-likeness (QED) is 0.432. The Morgan fingerprint density at radius 2 is 1.72 bits per heavy atom. The largest absolute Gasteiger partial charge is 0.298 e. The van der Waals surface area contributed by atoms with Crippen LogP contribution >= 0.6 is 0 Å². The zero-order valence-electron chi connectivity index (χ0n) is 17.9. The van der Waals surface area contributed by atoms with Crippen LogP contribution in [0.1, 0.15) is 51.1 Å². The first-order chi connectivity index (χ1) is 13.9. The summed E-state index contributed by atoms with van der Waals surface area (Å²) in [7, 11) is 0. The topological polar surface area (TPSA) is 43.1 Å². The van der Waals surface area contributed by atoms with E-state index in [0.29, 0.717) is 0 Å². The van der Waals surface area contributed by atoms with Crippen molar-refractivity contribution >= 4 is 5.65 Å². The first kappa shape index (κ1) is 19.3. The van der Waals surface area contributed by atoms with Crippen molar-refractivity contribution in [1.29, 1.82) is 0 Å². The molecule has 1 aromatic carbocycles. The number of hydrogen-bond acceptors (Lipinski definition) is 3. The lowest BCUT2D eigenvalue weighted by molar-refractivity contribution is 0.546. The van der Waals surface area contributed by atoms with Crippen LogP contribution in [0.5, 0.6) is 0 Å². The third kappa shape index (κ3) is 3.80. The highest BCUT2D eigenvalue weighted by atomic mass is 15.0. The summed E-state index contributed by atoms with van der Waals surface area (Å²) in [6.45, 7) is 10.7. The average Bonchev–Trinajstić information content (AvgIpc) is 3.07. The molecule has 0 bridgehead atoms. The molecule has 29 heavy (non-hydrogen) atoms. The number of rotatable bonds is 4. The molecule has 0 aliphatic rings.